The number of aliphatic hydroxyl groups is 2. The minimum Gasteiger partial charge on any atom is -0.507 e. The van der Waals surface area contributed by atoms with Crippen LogP contribution in [-0.2, 0) is 14.3 Å². The molecule has 0 radical (unpaired) electrons. The Morgan fingerprint density at radius 2 is 1.81 bits per heavy atom. The van der Waals surface area contributed by atoms with Gasteiger partial charge in [0.2, 0.25) is 0 Å². The van der Waals surface area contributed by atoms with Crippen LogP contribution < -0.4 is 4.74 Å². The van der Waals surface area contributed by atoms with Gasteiger partial charge in [0.15, 0.2) is 0 Å². The number of nitrogens with zero attached hydrogens (tertiary/aromatic N) is 1. The van der Waals surface area contributed by atoms with Gasteiger partial charge in [-0.05, 0) is 42.8 Å². The lowest BCUT2D eigenvalue weighted by molar-refractivity contribution is -0.140. The molecule has 1 atom stereocenters. The van der Waals surface area contributed by atoms with E-state index in [1.54, 1.807) is 48.5 Å². The highest BCUT2D eigenvalue weighted by Gasteiger charge is 2.46. The number of benzene rings is 2. The van der Waals surface area contributed by atoms with Gasteiger partial charge in [0.05, 0.1) is 38.0 Å². The second kappa shape index (κ2) is 10.4. The van der Waals surface area contributed by atoms with Gasteiger partial charge in [-0.2, -0.15) is 0 Å². The van der Waals surface area contributed by atoms with E-state index in [1.807, 2.05) is 6.92 Å². The molecule has 0 saturated carbocycles. The van der Waals surface area contributed by atoms with Gasteiger partial charge in [-0.25, -0.2) is 0 Å². The third-order valence-electron chi connectivity index (χ3n) is 4.89. The van der Waals surface area contributed by atoms with Gasteiger partial charge < -0.3 is 24.6 Å². The standard InChI is InChI=1S/C23H24ClNO6/c1-2-31-16-9-7-15(8-10-16)21(27)19-20(17-5-3-4-6-18(17)24)25(23(29)22(19)28)11-13-30-14-12-26/h3-10,20,26-27H,2,11-14H2,1H3/b21-19+. The topological polar surface area (TPSA) is 96.3 Å². The fourth-order valence-electron chi connectivity index (χ4n) is 3.49. The predicted octanol–water partition coefficient (Wildman–Crippen LogP) is 3.17. The van der Waals surface area contributed by atoms with Crippen LogP contribution in [0.1, 0.15) is 24.1 Å². The third kappa shape index (κ3) is 4.90. The summed E-state index contributed by atoms with van der Waals surface area (Å²) >= 11 is 6.39. The Morgan fingerprint density at radius 3 is 2.45 bits per heavy atom. The second-order valence-electron chi connectivity index (χ2n) is 6.81. The molecule has 1 fully saturated rings. The van der Waals surface area contributed by atoms with E-state index in [9.17, 15) is 14.7 Å². The lowest BCUT2D eigenvalue weighted by atomic mass is 9.95. The molecule has 1 aliphatic rings. The molecule has 7 nitrogen and oxygen atoms in total. The first-order valence-electron chi connectivity index (χ1n) is 9.94. The van der Waals surface area contributed by atoms with Crippen molar-refractivity contribution in [1.82, 2.24) is 4.90 Å². The van der Waals surface area contributed by atoms with Crippen LogP contribution in [0.4, 0.5) is 0 Å². The molecule has 8 heteroatoms. The van der Waals surface area contributed by atoms with Crippen molar-refractivity contribution in [2.24, 2.45) is 0 Å². The summed E-state index contributed by atoms with van der Waals surface area (Å²) in [5.41, 5.74) is 0.873. The molecule has 0 bridgehead atoms. The van der Waals surface area contributed by atoms with E-state index >= 15 is 0 Å². The number of ether oxygens (including phenoxy) is 2. The summed E-state index contributed by atoms with van der Waals surface area (Å²) in [6.07, 6.45) is 0. The molecule has 2 N–H and O–H groups in total. The van der Waals surface area contributed by atoms with Crippen molar-refractivity contribution in [3.63, 3.8) is 0 Å². The zero-order chi connectivity index (χ0) is 22.4. The number of aliphatic hydroxyl groups excluding tert-OH is 2. The first-order valence-corrected chi connectivity index (χ1v) is 10.3. The maximum Gasteiger partial charge on any atom is 0.295 e. The number of amides is 1. The van der Waals surface area contributed by atoms with Crippen LogP contribution >= 0.6 is 11.6 Å². The van der Waals surface area contributed by atoms with Crippen LogP contribution in [0.2, 0.25) is 5.02 Å². The molecular formula is C23H24ClNO6. The molecule has 2 aromatic carbocycles. The van der Waals surface area contributed by atoms with E-state index in [0.29, 0.717) is 28.5 Å². The monoisotopic (exact) mass is 445 g/mol. The normalized spacial score (nSPS) is 17.9. The fraction of sp³-hybridized carbons (Fsp3) is 0.304. The molecule has 1 amide bonds. The summed E-state index contributed by atoms with van der Waals surface area (Å²) in [6.45, 7) is 2.56. The number of ketones is 1. The molecule has 1 heterocycles. The quantitative estimate of drug-likeness (QED) is 0.266. The summed E-state index contributed by atoms with van der Waals surface area (Å²) in [4.78, 5) is 27.1. The van der Waals surface area contributed by atoms with E-state index in [-0.39, 0.29) is 37.7 Å². The SMILES string of the molecule is CCOc1ccc(/C(O)=C2\C(=O)C(=O)N(CCOCCO)C2c2ccccc2Cl)cc1. The molecule has 2 aromatic rings. The van der Waals surface area contributed by atoms with Gasteiger partial charge in [0, 0.05) is 17.1 Å². The van der Waals surface area contributed by atoms with Crippen molar-refractivity contribution in [1.29, 1.82) is 0 Å². The molecule has 1 unspecified atom stereocenters. The van der Waals surface area contributed by atoms with Crippen molar-refractivity contribution in [3.8, 4) is 5.75 Å². The minimum atomic E-state index is -0.863. The smallest absolute Gasteiger partial charge is 0.295 e. The van der Waals surface area contributed by atoms with Crippen LogP contribution in [0.15, 0.2) is 54.1 Å². The Labute approximate surface area is 185 Å². The molecule has 164 valence electrons. The summed E-state index contributed by atoms with van der Waals surface area (Å²) < 4.78 is 10.7. The number of carbonyl (C=O) groups is 2. The van der Waals surface area contributed by atoms with Crippen molar-refractivity contribution in [2.75, 3.05) is 33.0 Å². The Hall–Kier alpha value is -2.87. The summed E-state index contributed by atoms with van der Waals surface area (Å²) in [5, 5.41) is 20.3. The van der Waals surface area contributed by atoms with Crippen LogP contribution in [-0.4, -0.2) is 59.8 Å². The van der Waals surface area contributed by atoms with Gasteiger partial charge >= 0.3 is 0 Å². The second-order valence-corrected chi connectivity index (χ2v) is 7.21. The first-order chi connectivity index (χ1) is 15.0. The van der Waals surface area contributed by atoms with E-state index in [2.05, 4.69) is 0 Å². The Morgan fingerprint density at radius 1 is 1.10 bits per heavy atom. The number of Topliss-reactive ketones (excluding diaryl/α,β-unsaturated/α-hetero) is 1. The molecule has 31 heavy (non-hydrogen) atoms. The molecule has 0 aromatic heterocycles. The maximum atomic E-state index is 12.9. The van der Waals surface area contributed by atoms with Crippen molar-refractivity contribution >= 4 is 29.1 Å². The summed E-state index contributed by atoms with van der Waals surface area (Å²) in [6, 6.07) is 12.6. The third-order valence-corrected chi connectivity index (χ3v) is 5.23. The summed E-state index contributed by atoms with van der Waals surface area (Å²) in [5.74, 6) is -1.20. The average molecular weight is 446 g/mol. The van der Waals surface area contributed by atoms with Crippen LogP contribution in [0.3, 0.4) is 0 Å². The average Bonchev–Trinajstić information content (AvgIpc) is 3.02. The van der Waals surface area contributed by atoms with Gasteiger partial charge in [0.25, 0.3) is 11.7 Å². The Bertz CT molecular complexity index is 972. The van der Waals surface area contributed by atoms with Gasteiger partial charge in [-0.15, -0.1) is 0 Å². The fourth-order valence-corrected chi connectivity index (χ4v) is 3.73. The molecule has 1 saturated heterocycles. The van der Waals surface area contributed by atoms with Crippen molar-refractivity contribution in [2.45, 2.75) is 13.0 Å². The highest BCUT2D eigenvalue weighted by atomic mass is 35.5. The minimum absolute atomic E-state index is 0.0376. The number of halogens is 1. The maximum absolute atomic E-state index is 12.9. The first kappa shape index (κ1) is 22.8. The zero-order valence-corrected chi connectivity index (χ0v) is 17.8. The lowest BCUT2D eigenvalue weighted by Gasteiger charge is -2.26. The molecule has 1 aliphatic heterocycles. The number of hydrogen-bond acceptors (Lipinski definition) is 6. The van der Waals surface area contributed by atoms with E-state index in [4.69, 9.17) is 26.2 Å². The Balaban J connectivity index is 2.05. The lowest BCUT2D eigenvalue weighted by Crippen LogP contribution is -2.33. The molecule has 0 spiro atoms. The van der Waals surface area contributed by atoms with Gasteiger partial charge in [0.1, 0.15) is 11.5 Å². The zero-order valence-electron chi connectivity index (χ0n) is 17.1. The van der Waals surface area contributed by atoms with E-state index < -0.39 is 17.7 Å². The number of rotatable bonds is 9. The predicted molar refractivity (Wildman–Crippen MR) is 116 cm³/mol. The summed E-state index contributed by atoms with van der Waals surface area (Å²) in [7, 11) is 0. The Kier molecular flexibility index (Phi) is 7.68. The molecule has 3 rings (SSSR count). The number of hydrogen-bond donors (Lipinski definition) is 2. The highest BCUT2D eigenvalue weighted by molar-refractivity contribution is 6.47. The number of likely N-dealkylation sites (tertiary alicyclic amines) is 1. The van der Waals surface area contributed by atoms with Crippen molar-refractivity contribution < 1.29 is 29.3 Å². The molecule has 0 aliphatic carbocycles. The largest absolute Gasteiger partial charge is 0.507 e. The highest BCUT2D eigenvalue weighted by Crippen LogP contribution is 2.41. The van der Waals surface area contributed by atoms with Crippen LogP contribution in [0.25, 0.3) is 5.76 Å². The van der Waals surface area contributed by atoms with E-state index in [1.165, 1.54) is 4.90 Å². The van der Waals surface area contributed by atoms with Crippen molar-refractivity contribution in [3.05, 3.63) is 70.3 Å². The number of carbonyl (C=O) groups excluding carboxylic acids is 2. The van der Waals surface area contributed by atoms with Gasteiger partial charge in [-0.1, -0.05) is 29.8 Å². The molecular weight excluding hydrogens is 422 g/mol. The van der Waals surface area contributed by atoms with E-state index in [0.717, 1.165) is 0 Å². The van der Waals surface area contributed by atoms with Gasteiger partial charge in [-0.3, -0.25) is 9.59 Å². The van der Waals surface area contributed by atoms with Crippen LogP contribution in [0, 0.1) is 0 Å². The van der Waals surface area contributed by atoms with Crippen LogP contribution in [0.5, 0.6) is 5.75 Å².